The van der Waals surface area contributed by atoms with Gasteiger partial charge in [0.1, 0.15) is 0 Å². The molecule has 0 saturated heterocycles. The molecule has 3 heteroatoms. The zero-order chi connectivity index (χ0) is 17.5. The maximum absolute atomic E-state index is 7.00. The van der Waals surface area contributed by atoms with Gasteiger partial charge < -0.3 is 15.0 Å². The van der Waals surface area contributed by atoms with Crippen molar-refractivity contribution < 1.29 is 15.0 Å². The van der Waals surface area contributed by atoms with Crippen molar-refractivity contribution in [3.63, 3.8) is 0 Å². The molecule has 26 heavy (non-hydrogen) atoms. The quantitative estimate of drug-likeness (QED) is 0.457. The molecule has 1 aliphatic rings. The zero-order valence-corrected chi connectivity index (χ0v) is 15.1. The Morgan fingerprint density at radius 2 is 1.38 bits per heavy atom. The largest absolute Gasteiger partial charge is 0.473 e. The molecule has 0 aliphatic heterocycles. The summed E-state index contributed by atoms with van der Waals surface area (Å²) >= 11 is 0. The Bertz CT molecular complexity index is 910. The molecule has 0 bridgehead atoms. The number of aliphatic hydroxyl groups is 1. The third kappa shape index (κ3) is 4.13. The summed E-state index contributed by atoms with van der Waals surface area (Å²) in [5.74, 6) is 0. The van der Waals surface area contributed by atoms with Gasteiger partial charge in [0.2, 0.25) is 0 Å². The SMILES string of the molecule is CO.O.c1ccc2c(c1)ccc1c3c(ccc12)CCCC3.c1ccoc1. The topological polar surface area (TPSA) is 64.9 Å². The summed E-state index contributed by atoms with van der Waals surface area (Å²) in [6.07, 6.45) is 8.47. The minimum atomic E-state index is 0. The lowest BCUT2D eigenvalue weighted by atomic mass is 9.86. The minimum Gasteiger partial charge on any atom is -0.473 e. The Balaban J connectivity index is 0.000000261. The van der Waals surface area contributed by atoms with Gasteiger partial charge >= 0.3 is 0 Å². The molecule has 0 amide bonds. The molecule has 1 heterocycles. The van der Waals surface area contributed by atoms with E-state index in [9.17, 15) is 0 Å². The van der Waals surface area contributed by atoms with Crippen LogP contribution in [0.5, 0.6) is 0 Å². The minimum absolute atomic E-state index is 0. The summed E-state index contributed by atoms with van der Waals surface area (Å²) in [5.41, 5.74) is 3.17. The number of aliphatic hydroxyl groups excluding tert-OH is 1. The summed E-state index contributed by atoms with van der Waals surface area (Å²) in [4.78, 5) is 0. The second-order valence-corrected chi connectivity index (χ2v) is 6.09. The normalized spacial score (nSPS) is 12.1. The van der Waals surface area contributed by atoms with E-state index in [1.807, 2.05) is 12.1 Å². The van der Waals surface area contributed by atoms with Crippen molar-refractivity contribution >= 4 is 21.5 Å². The second kappa shape index (κ2) is 9.76. The van der Waals surface area contributed by atoms with Gasteiger partial charge in [0.15, 0.2) is 0 Å². The molecule has 3 aromatic carbocycles. The number of fused-ring (bicyclic) bond motifs is 5. The third-order valence-electron chi connectivity index (χ3n) is 4.68. The first-order valence-corrected chi connectivity index (χ1v) is 8.77. The zero-order valence-electron chi connectivity index (χ0n) is 15.1. The van der Waals surface area contributed by atoms with E-state index in [0.29, 0.717) is 0 Å². The molecule has 0 radical (unpaired) electrons. The lowest BCUT2D eigenvalue weighted by Crippen LogP contribution is -2.02. The summed E-state index contributed by atoms with van der Waals surface area (Å²) in [5, 5.41) is 12.6. The fraction of sp³-hybridized carbons (Fsp3) is 0.217. The predicted molar refractivity (Wildman–Crippen MR) is 109 cm³/mol. The Morgan fingerprint density at radius 1 is 0.692 bits per heavy atom. The van der Waals surface area contributed by atoms with Crippen molar-refractivity contribution in [2.75, 3.05) is 7.11 Å². The molecular formula is C23H26O3. The first kappa shape index (κ1) is 19.7. The van der Waals surface area contributed by atoms with E-state index in [4.69, 9.17) is 5.11 Å². The first-order chi connectivity index (χ1) is 12.4. The average Bonchev–Trinajstić information content (AvgIpc) is 3.29. The summed E-state index contributed by atoms with van der Waals surface area (Å²) in [7, 11) is 1.00. The lowest BCUT2D eigenvalue weighted by Gasteiger charge is -2.18. The number of hydrogen-bond acceptors (Lipinski definition) is 2. The molecule has 3 nitrogen and oxygen atoms in total. The van der Waals surface area contributed by atoms with Gasteiger partial charge in [-0.25, -0.2) is 0 Å². The van der Waals surface area contributed by atoms with Gasteiger partial charge in [-0.05, 0) is 70.5 Å². The van der Waals surface area contributed by atoms with Crippen molar-refractivity contribution in [1.29, 1.82) is 0 Å². The molecule has 1 aromatic heterocycles. The lowest BCUT2D eigenvalue weighted by molar-refractivity contribution is 0.399. The molecule has 1 aliphatic carbocycles. The molecular weight excluding hydrogens is 324 g/mol. The van der Waals surface area contributed by atoms with Crippen LogP contribution in [0.25, 0.3) is 21.5 Å². The summed E-state index contributed by atoms with van der Waals surface area (Å²) < 4.78 is 4.58. The Kier molecular flexibility index (Phi) is 7.39. The Labute approximate surface area is 154 Å². The van der Waals surface area contributed by atoms with E-state index in [1.165, 1.54) is 47.2 Å². The fourth-order valence-electron chi connectivity index (χ4n) is 3.57. The number of benzene rings is 3. The van der Waals surface area contributed by atoms with Gasteiger partial charge in [0.05, 0.1) is 12.5 Å². The van der Waals surface area contributed by atoms with Crippen LogP contribution in [0.15, 0.2) is 77.6 Å². The predicted octanol–water partition coefficient (Wildman–Crippen LogP) is 4.94. The molecule has 0 unspecified atom stereocenters. The van der Waals surface area contributed by atoms with Crippen molar-refractivity contribution in [2.24, 2.45) is 0 Å². The van der Waals surface area contributed by atoms with Crippen LogP contribution in [0.2, 0.25) is 0 Å². The first-order valence-electron chi connectivity index (χ1n) is 8.77. The van der Waals surface area contributed by atoms with Crippen molar-refractivity contribution in [2.45, 2.75) is 25.7 Å². The van der Waals surface area contributed by atoms with Gasteiger partial charge in [-0.3, -0.25) is 0 Å². The Hall–Kier alpha value is -2.62. The van der Waals surface area contributed by atoms with Crippen LogP contribution in [-0.4, -0.2) is 17.7 Å². The van der Waals surface area contributed by atoms with Gasteiger partial charge in [0.25, 0.3) is 0 Å². The van der Waals surface area contributed by atoms with Crippen LogP contribution in [0, 0.1) is 0 Å². The second-order valence-electron chi connectivity index (χ2n) is 6.09. The molecule has 0 spiro atoms. The molecule has 5 rings (SSSR count). The van der Waals surface area contributed by atoms with E-state index in [2.05, 4.69) is 52.9 Å². The molecule has 3 N–H and O–H groups in total. The van der Waals surface area contributed by atoms with Crippen LogP contribution < -0.4 is 0 Å². The van der Waals surface area contributed by atoms with E-state index < -0.39 is 0 Å². The maximum Gasteiger partial charge on any atom is 0.0902 e. The van der Waals surface area contributed by atoms with Crippen molar-refractivity contribution in [3.05, 3.63) is 84.3 Å². The summed E-state index contributed by atoms with van der Waals surface area (Å²) in [6, 6.07) is 21.6. The average molecular weight is 350 g/mol. The highest BCUT2D eigenvalue weighted by Crippen LogP contribution is 2.33. The van der Waals surface area contributed by atoms with Crippen LogP contribution in [0.1, 0.15) is 24.0 Å². The van der Waals surface area contributed by atoms with E-state index in [-0.39, 0.29) is 5.48 Å². The highest BCUT2D eigenvalue weighted by molar-refractivity contribution is 6.08. The number of hydrogen-bond donors (Lipinski definition) is 1. The van der Waals surface area contributed by atoms with Crippen molar-refractivity contribution in [1.82, 2.24) is 0 Å². The number of aryl methyl sites for hydroxylation is 2. The standard InChI is InChI=1S/C18H16.C4H4O.CH4O.H2O/c1-3-7-15-13(5-1)9-11-18-16-8-4-2-6-14(16)10-12-17(15)18;1-2-4-5-3-1;1-2;/h1,3,5,7,9-12H,2,4,6,8H2;1-4H;2H,1H3;1H2. The van der Waals surface area contributed by atoms with Gasteiger partial charge in [-0.1, -0.05) is 48.5 Å². The van der Waals surface area contributed by atoms with E-state index in [1.54, 1.807) is 23.7 Å². The molecule has 136 valence electrons. The van der Waals surface area contributed by atoms with Crippen molar-refractivity contribution in [3.8, 4) is 0 Å². The summed E-state index contributed by atoms with van der Waals surface area (Å²) in [6.45, 7) is 0. The van der Waals surface area contributed by atoms with E-state index in [0.717, 1.165) is 7.11 Å². The molecule has 4 aromatic rings. The smallest absolute Gasteiger partial charge is 0.0902 e. The van der Waals surface area contributed by atoms with Crippen LogP contribution in [0.4, 0.5) is 0 Å². The number of furan rings is 1. The van der Waals surface area contributed by atoms with E-state index >= 15 is 0 Å². The maximum atomic E-state index is 7.00. The van der Waals surface area contributed by atoms with Gasteiger partial charge in [-0.2, -0.15) is 0 Å². The van der Waals surface area contributed by atoms with Gasteiger partial charge in [0, 0.05) is 7.11 Å². The molecule has 0 atom stereocenters. The fourth-order valence-corrected chi connectivity index (χ4v) is 3.57. The monoisotopic (exact) mass is 350 g/mol. The van der Waals surface area contributed by atoms with Gasteiger partial charge in [-0.15, -0.1) is 0 Å². The van der Waals surface area contributed by atoms with Crippen LogP contribution >= 0.6 is 0 Å². The number of rotatable bonds is 0. The Morgan fingerprint density at radius 3 is 2.12 bits per heavy atom. The molecule has 0 saturated carbocycles. The third-order valence-corrected chi connectivity index (χ3v) is 4.68. The van der Waals surface area contributed by atoms with Crippen LogP contribution in [0.3, 0.4) is 0 Å². The molecule has 0 fully saturated rings. The highest BCUT2D eigenvalue weighted by atomic mass is 16.3. The van der Waals surface area contributed by atoms with Crippen LogP contribution in [-0.2, 0) is 12.8 Å². The highest BCUT2D eigenvalue weighted by Gasteiger charge is 2.13.